The lowest BCUT2D eigenvalue weighted by Crippen LogP contribution is -2.29. The van der Waals surface area contributed by atoms with E-state index in [1.807, 2.05) is 19.1 Å². The Morgan fingerprint density at radius 2 is 1.84 bits per heavy atom. The third kappa shape index (κ3) is 3.53. The van der Waals surface area contributed by atoms with E-state index in [9.17, 15) is 9.59 Å². The highest BCUT2D eigenvalue weighted by atomic mass is 16.4. The van der Waals surface area contributed by atoms with Gasteiger partial charge in [0.25, 0.3) is 0 Å². The van der Waals surface area contributed by atoms with Gasteiger partial charge in [-0.25, -0.2) is 4.98 Å². The Morgan fingerprint density at radius 3 is 2.42 bits per heavy atom. The lowest BCUT2D eigenvalue weighted by Gasteiger charge is -2.25. The number of carboxylic acid groups (broad SMARTS) is 1. The number of carbonyl (C=O) groups excluding carboxylic acids is 1. The van der Waals surface area contributed by atoms with E-state index in [-0.39, 0.29) is 17.7 Å². The van der Waals surface area contributed by atoms with Crippen molar-refractivity contribution in [2.45, 2.75) is 32.6 Å². The Hall–Kier alpha value is -1.91. The minimum absolute atomic E-state index is 0.0538. The van der Waals surface area contributed by atoms with Crippen LogP contribution in [0.3, 0.4) is 0 Å². The van der Waals surface area contributed by atoms with Gasteiger partial charge in [-0.2, -0.15) is 0 Å². The Balaban J connectivity index is 1.90. The number of aromatic nitrogens is 1. The quantitative estimate of drug-likeness (QED) is 0.875. The van der Waals surface area contributed by atoms with Crippen molar-refractivity contribution in [3.05, 3.63) is 23.9 Å². The summed E-state index contributed by atoms with van der Waals surface area (Å²) in [5.74, 6) is -0.634. The second-order valence-corrected chi connectivity index (χ2v) is 5.04. The van der Waals surface area contributed by atoms with Crippen LogP contribution in [0.5, 0.6) is 0 Å². The van der Waals surface area contributed by atoms with Crippen LogP contribution in [-0.2, 0) is 9.59 Å². The molecule has 1 aliphatic rings. The van der Waals surface area contributed by atoms with Crippen molar-refractivity contribution in [3.8, 4) is 0 Å². The van der Waals surface area contributed by atoms with Crippen LogP contribution in [0, 0.1) is 18.8 Å². The van der Waals surface area contributed by atoms with Crippen LogP contribution in [0.1, 0.15) is 31.4 Å². The molecule has 1 heterocycles. The summed E-state index contributed by atoms with van der Waals surface area (Å²) in [4.78, 5) is 27.1. The first-order valence-corrected chi connectivity index (χ1v) is 6.53. The maximum Gasteiger partial charge on any atom is 0.306 e. The predicted octanol–water partition coefficient (Wildman–Crippen LogP) is 2.22. The fourth-order valence-corrected chi connectivity index (χ4v) is 2.44. The summed E-state index contributed by atoms with van der Waals surface area (Å²) in [7, 11) is 0. The van der Waals surface area contributed by atoms with Gasteiger partial charge in [-0.3, -0.25) is 9.59 Å². The number of nitrogens with zero attached hydrogens (tertiary/aromatic N) is 1. The van der Waals surface area contributed by atoms with E-state index in [1.54, 1.807) is 6.07 Å². The molecule has 5 nitrogen and oxygen atoms in total. The summed E-state index contributed by atoms with van der Waals surface area (Å²) < 4.78 is 0. The molecule has 2 N–H and O–H groups in total. The van der Waals surface area contributed by atoms with Gasteiger partial charge in [-0.05, 0) is 44.7 Å². The molecule has 1 aliphatic carbocycles. The monoisotopic (exact) mass is 262 g/mol. The van der Waals surface area contributed by atoms with Gasteiger partial charge in [0.2, 0.25) is 5.91 Å². The van der Waals surface area contributed by atoms with E-state index >= 15 is 0 Å². The predicted molar refractivity (Wildman–Crippen MR) is 70.7 cm³/mol. The standard InChI is InChI=1S/C14H18N2O3/c1-9-3-2-4-12(15-9)16-13(17)10-5-7-11(8-6-10)14(18)19/h2-4,10-11H,5-8H2,1H3,(H,18,19)(H,15,16,17). The van der Waals surface area contributed by atoms with E-state index in [0.717, 1.165) is 5.69 Å². The van der Waals surface area contributed by atoms with Crippen LogP contribution in [0.4, 0.5) is 5.82 Å². The van der Waals surface area contributed by atoms with Crippen LogP contribution in [0.2, 0.25) is 0 Å². The van der Waals surface area contributed by atoms with Gasteiger partial charge in [-0.15, -0.1) is 0 Å². The molecule has 0 saturated heterocycles. The Bertz CT molecular complexity index is 479. The Kier molecular flexibility index (Phi) is 4.14. The molecule has 0 spiro atoms. The summed E-state index contributed by atoms with van der Waals surface area (Å²) in [6.45, 7) is 1.87. The average molecular weight is 262 g/mol. The van der Waals surface area contributed by atoms with Crippen molar-refractivity contribution in [2.75, 3.05) is 5.32 Å². The molecule has 1 aromatic rings. The molecule has 0 atom stereocenters. The molecule has 0 aliphatic heterocycles. The molecule has 0 bridgehead atoms. The number of carboxylic acids is 1. The number of nitrogens with one attached hydrogen (secondary N) is 1. The van der Waals surface area contributed by atoms with Crippen molar-refractivity contribution in [1.82, 2.24) is 4.98 Å². The normalized spacial score (nSPS) is 22.8. The zero-order valence-electron chi connectivity index (χ0n) is 10.9. The minimum Gasteiger partial charge on any atom is -0.481 e. The van der Waals surface area contributed by atoms with Gasteiger partial charge >= 0.3 is 5.97 Å². The molecule has 0 radical (unpaired) electrons. The first-order chi connectivity index (χ1) is 9.06. The number of rotatable bonds is 3. The van der Waals surface area contributed by atoms with Gasteiger partial charge in [-0.1, -0.05) is 6.07 Å². The molecule has 1 amide bonds. The molecule has 5 heteroatoms. The van der Waals surface area contributed by atoms with Crippen LogP contribution in [0.15, 0.2) is 18.2 Å². The van der Waals surface area contributed by atoms with Crippen molar-refractivity contribution in [2.24, 2.45) is 11.8 Å². The first kappa shape index (κ1) is 13.5. The summed E-state index contributed by atoms with van der Waals surface area (Å²) >= 11 is 0. The Morgan fingerprint density at radius 1 is 1.21 bits per heavy atom. The van der Waals surface area contributed by atoms with Crippen LogP contribution < -0.4 is 5.32 Å². The summed E-state index contributed by atoms with van der Waals surface area (Å²) in [6, 6.07) is 5.47. The average Bonchev–Trinajstić information content (AvgIpc) is 2.39. The highest BCUT2D eigenvalue weighted by Gasteiger charge is 2.29. The van der Waals surface area contributed by atoms with E-state index in [2.05, 4.69) is 10.3 Å². The molecular weight excluding hydrogens is 244 g/mol. The van der Waals surface area contributed by atoms with Gasteiger partial charge in [0.05, 0.1) is 5.92 Å². The van der Waals surface area contributed by atoms with Crippen molar-refractivity contribution in [1.29, 1.82) is 0 Å². The third-order valence-corrected chi connectivity index (χ3v) is 3.59. The molecule has 19 heavy (non-hydrogen) atoms. The van der Waals surface area contributed by atoms with E-state index < -0.39 is 5.97 Å². The lowest BCUT2D eigenvalue weighted by molar-refractivity contribution is -0.143. The second-order valence-electron chi connectivity index (χ2n) is 5.04. The van der Waals surface area contributed by atoms with E-state index in [4.69, 9.17) is 5.11 Å². The molecule has 2 rings (SSSR count). The fourth-order valence-electron chi connectivity index (χ4n) is 2.44. The van der Waals surface area contributed by atoms with Crippen LogP contribution >= 0.6 is 0 Å². The summed E-state index contributed by atoms with van der Waals surface area (Å²) in [5.41, 5.74) is 0.854. The SMILES string of the molecule is Cc1cccc(NC(=O)C2CCC(C(=O)O)CC2)n1. The number of aryl methyl sites for hydroxylation is 1. The van der Waals surface area contributed by atoms with Gasteiger partial charge in [0.15, 0.2) is 0 Å². The van der Waals surface area contributed by atoms with Crippen LogP contribution in [-0.4, -0.2) is 22.0 Å². The second kappa shape index (κ2) is 5.82. The maximum atomic E-state index is 12.1. The smallest absolute Gasteiger partial charge is 0.306 e. The zero-order valence-corrected chi connectivity index (χ0v) is 10.9. The molecule has 102 valence electrons. The minimum atomic E-state index is -0.751. The molecule has 1 aromatic heterocycles. The van der Waals surface area contributed by atoms with Crippen molar-refractivity contribution < 1.29 is 14.7 Å². The third-order valence-electron chi connectivity index (χ3n) is 3.59. The maximum absolute atomic E-state index is 12.1. The topological polar surface area (TPSA) is 79.3 Å². The van der Waals surface area contributed by atoms with Crippen molar-refractivity contribution >= 4 is 17.7 Å². The lowest BCUT2D eigenvalue weighted by atomic mass is 9.81. The summed E-state index contributed by atoms with van der Waals surface area (Å²) in [5, 5.41) is 11.7. The number of hydrogen-bond acceptors (Lipinski definition) is 3. The van der Waals surface area contributed by atoms with Gasteiger partial charge in [0.1, 0.15) is 5.82 Å². The number of amides is 1. The number of anilines is 1. The molecule has 1 saturated carbocycles. The van der Waals surface area contributed by atoms with E-state index in [0.29, 0.717) is 31.5 Å². The molecule has 1 fully saturated rings. The van der Waals surface area contributed by atoms with Gasteiger partial charge < -0.3 is 10.4 Å². The van der Waals surface area contributed by atoms with Crippen LogP contribution in [0.25, 0.3) is 0 Å². The molecule has 0 aromatic carbocycles. The number of pyridine rings is 1. The summed E-state index contributed by atoms with van der Waals surface area (Å²) in [6.07, 6.45) is 2.42. The number of hydrogen-bond donors (Lipinski definition) is 2. The molecular formula is C14H18N2O3. The highest BCUT2D eigenvalue weighted by molar-refractivity contribution is 5.91. The first-order valence-electron chi connectivity index (χ1n) is 6.53. The van der Waals surface area contributed by atoms with Gasteiger partial charge in [0, 0.05) is 11.6 Å². The highest BCUT2D eigenvalue weighted by Crippen LogP contribution is 2.29. The number of aliphatic carboxylic acids is 1. The Labute approximate surface area is 112 Å². The largest absolute Gasteiger partial charge is 0.481 e. The fraction of sp³-hybridized carbons (Fsp3) is 0.500. The zero-order chi connectivity index (χ0) is 13.8. The molecule has 0 unspecified atom stereocenters. The van der Waals surface area contributed by atoms with Crippen molar-refractivity contribution in [3.63, 3.8) is 0 Å². The number of carbonyl (C=O) groups is 2. The van der Waals surface area contributed by atoms with E-state index in [1.165, 1.54) is 0 Å².